The van der Waals surface area contributed by atoms with Crippen LogP contribution in [0.2, 0.25) is 0 Å². The molecule has 0 aromatic carbocycles. The van der Waals surface area contributed by atoms with E-state index in [0.717, 1.165) is 10.6 Å². The van der Waals surface area contributed by atoms with Gasteiger partial charge in [-0.05, 0) is 13.3 Å². The number of aromatic nitrogens is 1. The number of carbonyl (C=O) groups is 1. The topological polar surface area (TPSA) is 68.0 Å². The van der Waals surface area contributed by atoms with E-state index in [9.17, 15) is 4.79 Å². The van der Waals surface area contributed by atoms with Gasteiger partial charge in [-0.1, -0.05) is 6.92 Å². The average molecular weight is 213 g/mol. The molecule has 1 atom stereocenters. The van der Waals surface area contributed by atoms with Crippen LogP contribution in [0.5, 0.6) is 0 Å². The number of carbonyl (C=O) groups excluding carboxylic acids is 1. The third-order valence-electron chi connectivity index (χ3n) is 2.04. The predicted molar refractivity (Wildman–Crippen MR) is 57.0 cm³/mol. The van der Waals surface area contributed by atoms with Crippen molar-refractivity contribution >= 4 is 17.2 Å². The number of nitrogens with one attached hydrogen (secondary N) is 1. The molecule has 0 fully saturated rings. The van der Waals surface area contributed by atoms with E-state index in [-0.39, 0.29) is 5.91 Å². The van der Waals surface area contributed by atoms with Crippen LogP contribution < -0.4 is 11.1 Å². The number of nitrogens with zero attached hydrogens (tertiary/aromatic N) is 1. The molecule has 1 heterocycles. The fourth-order valence-corrected chi connectivity index (χ4v) is 1.70. The number of aryl methyl sites for hydroxylation is 1. The van der Waals surface area contributed by atoms with Gasteiger partial charge in [0.2, 0.25) is 5.91 Å². The summed E-state index contributed by atoms with van der Waals surface area (Å²) in [5.41, 5.74) is 8.32. The number of thiazole rings is 1. The molecular formula is C9H15N3OS. The highest BCUT2D eigenvalue weighted by molar-refractivity contribution is 7.09. The lowest BCUT2D eigenvalue weighted by atomic mass is 10.2. The quantitative estimate of drug-likeness (QED) is 0.777. The van der Waals surface area contributed by atoms with E-state index in [1.165, 1.54) is 0 Å². The molecule has 0 spiro atoms. The molecule has 0 saturated heterocycles. The fourth-order valence-electron chi connectivity index (χ4n) is 0.980. The Kier molecular flexibility index (Phi) is 4.03. The Morgan fingerprint density at radius 3 is 3.00 bits per heavy atom. The predicted octanol–water partition coefficient (Wildman–Crippen LogP) is 0.805. The van der Waals surface area contributed by atoms with Gasteiger partial charge in [-0.15, -0.1) is 11.3 Å². The first-order chi connectivity index (χ1) is 6.65. The molecule has 0 saturated carbocycles. The van der Waals surface area contributed by atoms with Gasteiger partial charge in [-0.2, -0.15) is 0 Å². The molecule has 0 bridgehead atoms. The second-order valence-electron chi connectivity index (χ2n) is 3.09. The second kappa shape index (κ2) is 5.07. The molecule has 0 radical (unpaired) electrons. The maximum absolute atomic E-state index is 11.3. The molecule has 3 N–H and O–H groups in total. The molecular weight excluding hydrogens is 198 g/mol. The van der Waals surface area contributed by atoms with Gasteiger partial charge in [0, 0.05) is 4.88 Å². The fraction of sp³-hybridized carbons (Fsp3) is 0.556. The third-order valence-corrected chi connectivity index (χ3v) is 2.98. The van der Waals surface area contributed by atoms with Crippen LogP contribution in [0.1, 0.15) is 23.9 Å². The normalized spacial score (nSPS) is 12.5. The minimum absolute atomic E-state index is 0.0969. The van der Waals surface area contributed by atoms with Gasteiger partial charge < -0.3 is 11.1 Å². The number of hydrogen-bond acceptors (Lipinski definition) is 4. The molecule has 1 aromatic heterocycles. The summed E-state index contributed by atoms with van der Waals surface area (Å²) < 4.78 is 0. The van der Waals surface area contributed by atoms with Crippen molar-refractivity contribution in [3.8, 4) is 0 Å². The highest BCUT2D eigenvalue weighted by atomic mass is 32.1. The van der Waals surface area contributed by atoms with Crippen LogP contribution >= 0.6 is 11.3 Å². The van der Waals surface area contributed by atoms with Gasteiger partial charge in [-0.25, -0.2) is 4.98 Å². The van der Waals surface area contributed by atoms with E-state index in [1.807, 2.05) is 13.8 Å². The third kappa shape index (κ3) is 2.78. The maximum Gasteiger partial charge on any atom is 0.237 e. The number of nitrogens with two attached hydrogens (primary N) is 1. The van der Waals surface area contributed by atoms with Crippen LogP contribution in [0.3, 0.4) is 0 Å². The molecule has 4 nitrogen and oxygen atoms in total. The lowest BCUT2D eigenvalue weighted by Gasteiger charge is -2.08. The van der Waals surface area contributed by atoms with Crippen LogP contribution in [-0.2, 0) is 11.3 Å². The zero-order valence-electron chi connectivity index (χ0n) is 8.41. The molecule has 0 aliphatic rings. The summed E-state index contributed by atoms with van der Waals surface area (Å²) in [5, 5.41) is 2.78. The first-order valence-corrected chi connectivity index (χ1v) is 5.45. The van der Waals surface area contributed by atoms with Gasteiger partial charge in [0.15, 0.2) is 0 Å². The van der Waals surface area contributed by atoms with Crippen LogP contribution in [0.4, 0.5) is 0 Å². The van der Waals surface area contributed by atoms with E-state index in [2.05, 4.69) is 10.3 Å². The number of amides is 1. The highest BCUT2D eigenvalue weighted by Crippen LogP contribution is 2.11. The SMILES string of the molecule is CC[C@H](N)C(=O)NCc1scnc1C. The molecule has 0 aliphatic heterocycles. The second-order valence-corrected chi connectivity index (χ2v) is 4.03. The van der Waals surface area contributed by atoms with E-state index < -0.39 is 6.04 Å². The van der Waals surface area contributed by atoms with Crippen molar-refractivity contribution in [3.05, 3.63) is 16.1 Å². The van der Waals surface area contributed by atoms with Crippen molar-refractivity contribution in [2.45, 2.75) is 32.9 Å². The molecule has 0 unspecified atom stereocenters. The molecule has 5 heteroatoms. The van der Waals surface area contributed by atoms with Crippen molar-refractivity contribution in [1.29, 1.82) is 0 Å². The zero-order valence-corrected chi connectivity index (χ0v) is 9.23. The molecule has 1 rings (SSSR count). The van der Waals surface area contributed by atoms with Gasteiger partial charge in [-0.3, -0.25) is 4.79 Å². The summed E-state index contributed by atoms with van der Waals surface area (Å²) in [6, 6.07) is -0.400. The van der Waals surface area contributed by atoms with Crippen LogP contribution in [0.25, 0.3) is 0 Å². The minimum atomic E-state index is -0.400. The minimum Gasteiger partial charge on any atom is -0.350 e. The largest absolute Gasteiger partial charge is 0.350 e. The molecule has 1 amide bonds. The summed E-state index contributed by atoms with van der Waals surface area (Å²) >= 11 is 1.54. The van der Waals surface area contributed by atoms with Crippen molar-refractivity contribution in [2.75, 3.05) is 0 Å². The lowest BCUT2D eigenvalue weighted by Crippen LogP contribution is -2.39. The van der Waals surface area contributed by atoms with Gasteiger partial charge in [0.1, 0.15) is 0 Å². The molecule has 14 heavy (non-hydrogen) atoms. The van der Waals surface area contributed by atoms with Crippen molar-refractivity contribution in [2.24, 2.45) is 5.73 Å². The van der Waals surface area contributed by atoms with Crippen LogP contribution in [-0.4, -0.2) is 16.9 Å². The first kappa shape index (κ1) is 11.1. The Morgan fingerprint density at radius 1 is 1.79 bits per heavy atom. The summed E-state index contributed by atoms with van der Waals surface area (Å²) in [6.07, 6.45) is 0.660. The van der Waals surface area contributed by atoms with Crippen LogP contribution in [0.15, 0.2) is 5.51 Å². The average Bonchev–Trinajstić information content (AvgIpc) is 2.59. The Hall–Kier alpha value is -0.940. The van der Waals surface area contributed by atoms with E-state index >= 15 is 0 Å². The molecule has 78 valence electrons. The zero-order chi connectivity index (χ0) is 10.6. The van der Waals surface area contributed by atoms with E-state index in [4.69, 9.17) is 5.73 Å². The van der Waals surface area contributed by atoms with Gasteiger partial charge in [0.25, 0.3) is 0 Å². The highest BCUT2D eigenvalue weighted by Gasteiger charge is 2.10. The first-order valence-electron chi connectivity index (χ1n) is 4.57. The Morgan fingerprint density at radius 2 is 2.50 bits per heavy atom. The maximum atomic E-state index is 11.3. The van der Waals surface area contributed by atoms with Crippen molar-refractivity contribution in [3.63, 3.8) is 0 Å². The lowest BCUT2D eigenvalue weighted by molar-refractivity contribution is -0.122. The Balaban J connectivity index is 2.41. The van der Waals surface area contributed by atoms with Crippen molar-refractivity contribution in [1.82, 2.24) is 10.3 Å². The van der Waals surface area contributed by atoms with Gasteiger partial charge in [0.05, 0.1) is 23.8 Å². The van der Waals surface area contributed by atoms with Crippen LogP contribution in [0, 0.1) is 6.92 Å². The van der Waals surface area contributed by atoms with E-state index in [0.29, 0.717) is 13.0 Å². The standard InChI is InChI=1S/C9H15N3OS/c1-3-7(10)9(13)11-4-8-6(2)12-5-14-8/h5,7H,3-4,10H2,1-2H3,(H,11,13)/t7-/m0/s1. The Bertz CT molecular complexity index is 311. The molecule has 0 aliphatic carbocycles. The smallest absolute Gasteiger partial charge is 0.237 e. The monoisotopic (exact) mass is 213 g/mol. The number of rotatable bonds is 4. The van der Waals surface area contributed by atoms with Crippen molar-refractivity contribution < 1.29 is 4.79 Å². The van der Waals surface area contributed by atoms with Gasteiger partial charge >= 0.3 is 0 Å². The summed E-state index contributed by atoms with van der Waals surface area (Å²) in [6.45, 7) is 4.35. The Labute approximate surface area is 87.5 Å². The summed E-state index contributed by atoms with van der Waals surface area (Å²) in [5.74, 6) is -0.0969. The summed E-state index contributed by atoms with van der Waals surface area (Å²) in [4.78, 5) is 16.5. The van der Waals surface area contributed by atoms with E-state index in [1.54, 1.807) is 16.8 Å². The number of hydrogen-bond donors (Lipinski definition) is 2. The molecule has 1 aromatic rings. The summed E-state index contributed by atoms with van der Waals surface area (Å²) in [7, 11) is 0.